The number of fused-ring (bicyclic) bond motifs is 5. The van der Waals surface area contributed by atoms with Crippen molar-refractivity contribution < 1.29 is 0 Å². The lowest BCUT2D eigenvalue weighted by Gasteiger charge is -2.25. The van der Waals surface area contributed by atoms with Gasteiger partial charge in [0.15, 0.2) is 0 Å². The molecule has 4 aromatic rings. The molecule has 6 rings (SSSR count). The van der Waals surface area contributed by atoms with Crippen LogP contribution in [0.4, 0.5) is 0 Å². The molecule has 0 aliphatic carbocycles. The van der Waals surface area contributed by atoms with E-state index in [0.717, 1.165) is 6.42 Å². The first kappa shape index (κ1) is 17.2. The summed E-state index contributed by atoms with van der Waals surface area (Å²) in [6.07, 6.45) is 1.07. The second kappa shape index (κ2) is 6.41. The van der Waals surface area contributed by atoms with E-state index in [9.17, 15) is 0 Å². The minimum absolute atomic E-state index is 0.619. The van der Waals surface area contributed by atoms with E-state index in [1.54, 1.807) is 20.7 Å². The van der Waals surface area contributed by atoms with E-state index in [-0.39, 0.29) is 0 Å². The van der Waals surface area contributed by atoms with Gasteiger partial charge in [0.05, 0.1) is 0 Å². The smallest absolute Gasteiger partial charge is 0.0628 e. The van der Waals surface area contributed by atoms with Gasteiger partial charge >= 0.3 is 0 Å². The summed E-state index contributed by atoms with van der Waals surface area (Å²) < 4.78 is 0. The van der Waals surface area contributed by atoms with Crippen molar-refractivity contribution >= 4 is 38.3 Å². The van der Waals surface area contributed by atoms with E-state index < -0.39 is 17.6 Å². The largest absolute Gasteiger partial charge is 0.119 e. The summed E-state index contributed by atoms with van der Waals surface area (Å²) in [6.45, 7) is 4.87. The molecule has 2 heterocycles. The molecule has 0 atom stereocenters. The van der Waals surface area contributed by atoms with Crippen molar-refractivity contribution in [3.8, 4) is 22.3 Å². The third-order valence-electron chi connectivity index (χ3n) is 6.69. The number of hydrogen-bond acceptors (Lipinski definition) is 0. The number of hydrogen-bond donors (Lipinski definition) is 0. The molecule has 2 radical (unpaired) electrons. The van der Waals surface area contributed by atoms with Gasteiger partial charge in [-0.2, -0.15) is 0 Å². The zero-order valence-electron chi connectivity index (χ0n) is 16.8. The average molecular weight is 403 g/mol. The summed E-state index contributed by atoms with van der Waals surface area (Å²) in [5.74, 6) is 0. The van der Waals surface area contributed by atoms with Crippen molar-refractivity contribution in [2.24, 2.45) is 0 Å². The molecule has 2 aliphatic heterocycles. The van der Waals surface area contributed by atoms with Gasteiger partial charge in [-0.1, -0.05) is 102 Å². The first-order valence-electron chi connectivity index (χ1n) is 10.3. The predicted octanol–water partition coefficient (Wildman–Crippen LogP) is 3.72. The van der Waals surface area contributed by atoms with Crippen LogP contribution in [0.15, 0.2) is 84.9 Å². The van der Waals surface area contributed by atoms with E-state index in [1.165, 1.54) is 33.4 Å². The van der Waals surface area contributed by atoms with E-state index >= 15 is 0 Å². The van der Waals surface area contributed by atoms with Crippen LogP contribution in [0.5, 0.6) is 0 Å². The summed E-state index contributed by atoms with van der Waals surface area (Å²) >= 11 is 0. The van der Waals surface area contributed by atoms with Gasteiger partial charge in [-0.25, -0.2) is 0 Å². The van der Waals surface area contributed by atoms with Gasteiger partial charge in [0.1, 0.15) is 17.6 Å². The van der Waals surface area contributed by atoms with Gasteiger partial charge in [0.25, 0.3) is 0 Å². The summed E-state index contributed by atoms with van der Waals surface area (Å²) in [5, 5.41) is 6.29. The van der Waals surface area contributed by atoms with Crippen molar-refractivity contribution in [3.05, 3.63) is 96.1 Å². The van der Waals surface area contributed by atoms with Crippen LogP contribution in [0, 0.1) is 0 Å². The topological polar surface area (TPSA) is 0 Å². The Morgan fingerprint density at radius 2 is 1.10 bits per heavy atom. The number of rotatable bonds is 1. The molecule has 0 saturated heterocycles. The average Bonchev–Trinajstić information content (AvgIpc) is 3.05. The maximum absolute atomic E-state index is 2.46. The molecule has 2 heteroatoms. The summed E-state index contributed by atoms with van der Waals surface area (Å²) in [5.41, 5.74) is 8.66. The molecule has 4 aromatic carbocycles. The zero-order valence-corrected chi connectivity index (χ0v) is 18.8. The monoisotopic (exact) mass is 402 g/mol. The highest BCUT2D eigenvalue weighted by atomic mass is 28.3. The third kappa shape index (κ3) is 2.56. The minimum atomic E-state index is -0.657. The van der Waals surface area contributed by atoms with Crippen LogP contribution in [0.2, 0.25) is 13.1 Å². The quantitative estimate of drug-likeness (QED) is 0.426. The van der Waals surface area contributed by atoms with E-state index in [2.05, 4.69) is 98.0 Å². The first-order chi connectivity index (χ1) is 14.2. The van der Waals surface area contributed by atoms with Crippen molar-refractivity contribution in [1.82, 2.24) is 0 Å². The first-order valence-corrected chi connectivity index (χ1v) is 14.3. The lowest BCUT2D eigenvalue weighted by atomic mass is 9.96. The molecule has 29 heavy (non-hydrogen) atoms. The molecule has 0 nitrogen and oxygen atoms in total. The van der Waals surface area contributed by atoms with Gasteiger partial charge in [-0.15, -0.1) is 0 Å². The van der Waals surface area contributed by atoms with Crippen LogP contribution in [-0.2, 0) is 6.42 Å². The fourth-order valence-electron chi connectivity index (χ4n) is 5.14. The molecule has 0 amide bonds. The van der Waals surface area contributed by atoms with Gasteiger partial charge in [0.2, 0.25) is 0 Å². The molecule has 0 N–H and O–H groups in total. The van der Waals surface area contributed by atoms with Crippen molar-refractivity contribution in [3.63, 3.8) is 0 Å². The zero-order chi connectivity index (χ0) is 19.5. The van der Waals surface area contributed by atoms with Crippen LogP contribution >= 0.6 is 0 Å². The second-order valence-corrected chi connectivity index (χ2v) is 12.9. The molecule has 0 spiro atoms. The molecule has 2 aliphatic rings. The SMILES string of the molecule is C[Si]1c2ccccc2Cc2cc(-c3ccc4c(c3)-c3ccccc3[Si]4C)ccc21. The van der Waals surface area contributed by atoms with Gasteiger partial charge in [-0.05, 0) is 56.2 Å². The fraction of sp³-hybridized carbons (Fsp3) is 0.111. The molecule has 0 fully saturated rings. The second-order valence-electron chi connectivity index (χ2n) is 8.26. The molecular formula is C27H22Si2. The van der Waals surface area contributed by atoms with E-state index in [0.29, 0.717) is 0 Å². The van der Waals surface area contributed by atoms with E-state index in [4.69, 9.17) is 0 Å². The molecule has 0 unspecified atom stereocenters. The Hall–Kier alpha value is -2.69. The summed E-state index contributed by atoms with van der Waals surface area (Å²) in [6, 6.07) is 32.4. The molecule has 0 aromatic heterocycles. The maximum atomic E-state index is 2.46. The van der Waals surface area contributed by atoms with Gasteiger partial charge in [-0.3, -0.25) is 0 Å². The molecular weight excluding hydrogens is 380 g/mol. The fourth-order valence-corrected chi connectivity index (χ4v) is 9.61. The van der Waals surface area contributed by atoms with Crippen LogP contribution in [0.1, 0.15) is 11.1 Å². The van der Waals surface area contributed by atoms with E-state index in [1.807, 2.05) is 0 Å². The lowest BCUT2D eigenvalue weighted by molar-refractivity contribution is 1.21. The van der Waals surface area contributed by atoms with Crippen LogP contribution in [-0.4, -0.2) is 17.6 Å². The summed E-state index contributed by atoms with van der Waals surface area (Å²) in [7, 11) is -1.28. The predicted molar refractivity (Wildman–Crippen MR) is 128 cm³/mol. The lowest BCUT2D eigenvalue weighted by Crippen LogP contribution is -2.46. The molecule has 138 valence electrons. The molecule has 0 bridgehead atoms. The number of benzene rings is 4. The van der Waals surface area contributed by atoms with Crippen molar-refractivity contribution in [2.75, 3.05) is 0 Å². The van der Waals surface area contributed by atoms with Crippen LogP contribution in [0.25, 0.3) is 22.3 Å². The van der Waals surface area contributed by atoms with Crippen molar-refractivity contribution in [1.29, 1.82) is 0 Å². The Labute approximate surface area is 176 Å². The van der Waals surface area contributed by atoms with Crippen molar-refractivity contribution in [2.45, 2.75) is 19.5 Å². The Morgan fingerprint density at radius 1 is 0.517 bits per heavy atom. The third-order valence-corrected chi connectivity index (χ3v) is 11.8. The van der Waals surface area contributed by atoms with Gasteiger partial charge < -0.3 is 0 Å². The highest BCUT2D eigenvalue weighted by Crippen LogP contribution is 2.29. The maximum Gasteiger partial charge on any atom is 0.119 e. The standard InChI is InChI=1S/C27H22Si2/c1-28-24-9-5-3-7-20(24)16-21-15-18(11-13-25(21)28)19-12-14-27-23(17-19)22-8-4-6-10-26(22)29(27)2/h3-15,17H,16H2,1-2H3. The van der Waals surface area contributed by atoms with Gasteiger partial charge in [0, 0.05) is 0 Å². The minimum Gasteiger partial charge on any atom is -0.0628 e. The normalized spacial score (nSPS) is 14.8. The van der Waals surface area contributed by atoms with Crippen LogP contribution in [0.3, 0.4) is 0 Å². The Kier molecular flexibility index (Phi) is 3.80. The highest BCUT2D eigenvalue weighted by molar-refractivity contribution is 6.88. The Morgan fingerprint density at radius 3 is 1.97 bits per heavy atom. The Balaban J connectivity index is 1.45. The molecule has 0 saturated carbocycles. The highest BCUT2D eigenvalue weighted by Gasteiger charge is 2.27. The van der Waals surface area contributed by atoms with Crippen LogP contribution < -0.4 is 20.7 Å². The Bertz CT molecular complexity index is 1270. The summed E-state index contributed by atoms with van der Waals surface area (Å²) in [4.78, 5) is 0.